The Labute approximate surface area is 225 Å². The van der Waals surface area contributed by atoms with Crippen molar-refractivity contribution in [3.63, 3.8) is 0 Å². The van der Waals surface area contributed by atoms with Crippen molar-refractivity contribution in [3.05, 3.63) is 103 Å². The highest BCUT2D eigenvalue weighted by atomic mass is 19.4. The predicted molar refractivity (Wildman–Crippen MR) is 150 cm³/mol. The maximum absolute atomic E-state index is 13.5. The monoisotopic (exact) mass is 527 g/mol. The summed E-state index contributed by atoms with van der Waals surface area (Å²) in [5, 5.41) is 0.831. The van der Waals surface area contributed by atoms with Gasteiger partial charge in [0.1, 0.15) is 12.1 Å². The van der Waals surface area contributed by atoms with E-state index in [-0.39, 0.29) is 6.04 Å². The largest absolute Gasteiger partial charge is 0.416 e. The standard InChI is InChI=1S/C31H28F3N5/c1-21-8-6-12-25(16-21)38-15-14-37(18-22(38)2)29-28-27(23-9-4-3-5-10-23)19-39(30(28)36-20-35-29)26-13-7-11-24(17-26)31(32,33)34/h3-13,16-17,19-20,22H,14-15,18H2,1-2H3/t22-/m1/s1. The summed E-state index contributed by atoms with van der Waals surface area (Å²) in [6.07, 6.45) is -1.05. The molecule has 1 aliphatic rings. The molecule has 0 unspecified atom stereocenters. The molecule has 8 heteroatoms. The van der Waals surface area contributed by atoms with Crippen molar-refractivity contribution in [1.82, 2.24) is 14.5 Å². The van der Waals surface area contributed by atoms with E-state index < -0.39 is 11.7 Å². The molecule has 1 aliphatic heterocycles. The molecule has 0 bridgehead atoms. The quantitative estimate of drug-likeness (QED) is 0.249. The Hall–Kier alpha value is -4.33. The molecule has 0 spiro atoms. The molecule has 198 valence electrons. The van der Waals surface area contributed by atoms with Crippen LogP contribution in [0.25, 0.3) is 27.8 Å². The van der Waals surface area contributed by atoms with Gasteiger partial charge in [-0.25, -0.2) is 9.97 Å². The summed E-state index contributed by atoms with van der Waals surface area (Å²) in [6.45, 7) is 6.64. The zero-order chi connectivity index (χ0) is 27.1. The second-order valence-electron chi connectivity index (χ2n) is 10.1. The fraction of sp³-hybridized carbons (Fsp3) is 0.226. The van der Waals surface area contributed by atoms with Crippen LogP contribution in [0.5, 0.6) is 0 Å². The first-order valence-corrected chi connectivity index (χ1v) is 13.0. The fourth-order valence-corrected chi connectivity index (χ4v) is 5.49. The van der Waals surface area contributed by atoms with Crippen molar-refractivity contribution in [2.75, 3.05) is 29.4 Å². The first-order chi connectivity index (χ1) is 18.8. The average Bonchev–Trinajstić information content (AvgIpc) is 3.33. The molecule has 0 N–H and O–H groups in total. The van der Waals surface area contributed by atoms with Gasteiger partial charge < -0.3 is 14.4 Å². The van der Waals surface area contributed by atoms with E-state index in [1.807, 2.05) is 36.5 Å². The summed E-state index contributed by atoms with van der Waals surface area (Å²) in [5.74, 6) is 0.792. The molecule has 1 atom stereocenters. The van der Waals surface area contributed by atoms with E-state index >= 15 is 0 Å². The number of aryl methyl sites for hydroxylation is 1. The lowest BCUT2D eigenvalue weighted by atomic mass is 10.1. The molecule has 5 nitrogen and oxygen atoms in total. The van der Waals surface area contributed by atoms with Gasteiger partial charge >= 0.3 is 6.18 Å². The van der Waals surface area contributed by atoms with Crippen LogP contribution in [0.2, 0.25) is 0 Å². The van der Waals surface area contributed by atoms with Gasteiger partial charge in [0.05, 0.1) is 10.9 Å². The number of piperazine rings is 1. The van der Waals surface area contributed by atoms with E-state index in [1.165, 1.54) is 29.7 Å². The van der Waals surface area contributed by atoms with Gasteiger partial charge in [-0.05, 0) is 55.3 Å². The summed E-state index contributed by atoms with van der Waals surface area (Å²) in [7, 11) is 0. The number of alkyl halides is 3. The van der Waals surface area contributed by atoms with Crippen LogP contribution in [-0.4, -0.2) is 40.2 Å². The Morgan fingerprint density at radius 2 is 1.62 bits per heavy atom. The minimum atomic E-state index is -4.44. The molecule has 1 fully saturated rings. The Morgan fingerprint density at radius 3 is 2.36 bits per heavy atom. The number of hydrogen-bond acceptors (Lipinski definition) is 4. The molecule has 0 saturated carbocycles. The lowest BCUT2D eigenvalue weighted by Gasteiger charge is -2.42. The number of aromatic nitrogens is 3. The highest BCUT2D eigenvalue weighted by molar-refractivity contribution is 6.02. The van der Waals surface area contributed by atoms with Crippen molar-refractivity contribution in [2.45, 2.75) is 26.1 Å². The Bertz CT molecular complexity index is 1630. The Kier molecular flexibility index (Phi) is 6.25. The van der Waals surface area contributed by atoms with Gasteiger partial charge in [0.15, 0.2) is 5.65 Å². The summed E-state index contributed by atoms with van der Waals surface area (Å²) in [6, 6.07) is 24.0. The first-order valence-electron chi connectivity index (χ1n) is 13.0. The highest BCUT2D eigenvalue weighted by Gasteiger charge is 2.31. The van der Waals surface area contributed by atoms with E-state index in [4.69, 9.17) is 4.98 Å². The average molecular weight is 528 g/mol. The van der Waals surface area contributed by atoms with Crippen molar-refractivity contribution in [3.8, 4) is 16.8 Å². The van der Waals surface area contributed by atoms with Crippen LogP contribution >= 0.6 is 0 Å². The minimum Gasteiger partial charge on any atom is -0.365 e. The zero-order valence-electron chi connectivity index (χ0n) is 21.7. The number of halogens is 3. The lowest BCUT2D eigenvalue weighted by molar-refractivity contribution is -0.137. The summed E-state index contributed by atoms with van der Waals surface area (Å²) in [5.41, 5.74) is 4.55. The number of rotatable bonds is 4. The smallest absolute Gasteiger partial charge is 0.365 e. The molecule has 3 heterocycles. The van der Waals surface area contributed by atoms with Crippen molar-refractivity contribution < 1.29 is 13.2 Å². The van der Waals surface area contributed by atoms with Crippen LogP contribution in [-0.2, 0) is 6.18 Å². The van der Waals surface area contributed by atoms with Crippen molar-refractivity contribution in [1.29, 1.82) is 0 Å². The van der Waals surface area contributed by atoms with Crippen LogP contribution in [0.4, 0.5) is 24.7 Å². The maximum atomic E-state index is 13.5. The van der Waals surface area contributed by atoms with Crippen LogP contribution < -0.4 is 9.80 Å². The number of benzene rings is 3. The molecule has 3 aromatic carbocycles. The van der Waals surface area contributed by atoms with Gasteiger partial charge in [-0.2, -0.15) is 13.2 Å². The van der Waals surface area contributed by atoms with Crippen molar-refractivity contribution >= 4 is 22.5 Å². The van der Waals surface area contributed by atoms with E-state index in [9.17, 15) is 13.2 Å². The lowest BCUT2D eigenvalue weighted by Crippen LogP contribution is -2.52. The fourth-order valence-electron chi connectivity index (χ4n) is 5.49. The molecule has 1 saturated heterocycles. The van der Waals surface area contributed by atoms with E-state index in [0.29, 0.717) is 11.3 Å². The van der Waals surface area contributed by atoms with Crippen LogP contribution in [0.1, 0.15) is 18.1 Å². The molecule has 2 aromatic heterocycles. The molecular formula is C31H28F3N5. The second kappa shape index (κ2) is 9.76. The second-order valence-corrected chi connectivity index (χ2v) is 10.1. The summed E-state index contributed by atoms with van der Waals surface area (Å²) in [4.78, 5) is 14.0. The minimum absolute atomic E-state index is 0.233. The van der Waals surface area contributed by atoms with E-state index in [1.54, 1.807) is 10.6 Å². The number of fused-ring (bicyclic) bond motifs is 1. The molecule has 0 amide bonds. The van der Waals surface area contributed by atoms with E-state index in [0.717, 1.165) is 48.0 Å². The summed E-state index contributed by atoms with van der Waals surface area (Å²) < 4.78 is 42.4. The van der Waals surface area contributed by atoms with Gasteiger partial charge in [-0.1, -0.05) is 48.5 Å². The number of hydrogen-bond donors (Lipinski definition) is 0. The van der Waals surface area contributed by atoms with Gasteiger partial charge in [-0.15, -0.1) is 0 Å². The molecule has 0 radical (unpaired) electrons. The van der Waals surface area contributed by atoms with Gasteiger partial charge in [-0.3, -0.25) is 0 Å². The normalized spacial score (nSPS) is 16.2. The molecule has 39 heavy (non-hydrogen) atoms. The highest BCUT2D eigenvalue weighted by Crippen LogP contribution is 2.38. The third-order valence-corrected chi connectivity index (χ3v) is 7.36. The predicted octanol–water partition coefficient (Wildman–Crippen LogP) is 7.13. The topological polar surface area (TPSA) is 37.2 Å². The first kappa shape index (κ1) is 25.0. The van der Waals surface area contributed by atoms with Crippen LogP contribution in [0.3, 0.4) is 0 Å². The molecular weight excluding hydrogens is 499 g/mol. The summed E-state index contributed by atoms with van der Waals surface area (Å²) >= 11 is 0. The Balaban J connectivity index is 1.45. The third kappa shape index (κ3) is 4.71. The maximum Gasteiger partial charge on any atom is 0.416 e. The Morgan fingerprint density at radius 1 is 0.846 bits per heavy atom. The number of anilines is 2. The molecule has 5 aromatic rings. The van der Waals surface area contributed by atoms with Crippen LogP contribution in [0.15, 0.2) is 91.4 Å². The van der Waals surface area contributed by atoms with Gasteiger partial charge in [0.25, 0.3) is 0 Å². The number of nitrogens with zero attached hydrogens (tertiary/aromatic N) is 5. The molecule has 6 rings (SSSR count). The van der Waals surface area contributed by atoms with Crippen LogP contribution in [0, 0.1) is 6.92 Å². The third-order valence-electron chi connectivity index (χ3n) is 7.36. The van der Waals surface area contributed by atoms with Gasteiger partial charge in [0.2, 0.25) is 0 Å². The van der Waals surface area contributed by atoms with E-state index in [2.05, 4.69) is 52.9 Å². The zero-order valence-corrected chi connectivity index (χ0v) is 21.7. The van der Waals surface area contributed by atoms with Crippen molar-refractivity contribution in [2.24, 2.45) is 0 Å². The molecule has 0 aliphatic carbocycles. The van der Waals surface area contributed by atoms with Gasteiger partial charge in [0, 0.05) is 48.8 Å². The SMILES string of the molecule is Cc1cccc(N2CCN(c3ncnc4c3c(-c3ccccc3)cn4-c3cccc(C(F)(F)F)c3)C[C@H]2C)c1.